The van der Waals surface area contributed by atoms with Crippen molar-refractivity contribution in [2.24, 2.45) is 0 Å². The van der Waals surface area contributed by atoms with Gasteiger partial charge in [0, 0.05) is 10.8 Å². The van der Waals surface area contributed by atoms with E-state index in [2.05, 4.69) is 4.74 Å². The Labute approximate surface area is 119 Å². The zero-order valence-corrected chi connectivity index (χ0v) is 11.5. The summed E-state index contributed by atoms with van der Waals surface area (Å²) in [5.41, 5.74) is 0.311. The Bertz CT molecular complexity index is 861. The Kier molecular flexibility index (Phi) is 3.03. The lowest BCUT2D eigenvalue weighted by Crippen LogP contribution is -2.20. The molecule has 1 N–H and O–H groups in total. The van der Waals surface area contributed by atoms with Crippen molar-refractivity contribution in [2.45, 2.75) is 4.90 Å². The molecule has 0 aliphatic carbocycles. The first-order chi connectivity index (χ1) is 9.95. The molecule has 1 aliphatic rings. The van der Waals surface area contributed by atoms with Crippen molar-refractivity contribution in [2.75, 3.05) is 12.4 Å². The van der Waals surface area contributed by atoms with Crippen LogP contribution in [0.3, 0.4) is 0 Å². The lowest BCUT2D eigenvalue weighted by Gasteiger charge is -2.17. The molecule has 1 aliphatic heterocycles. The van der Waals surface area contributed by atoms with Gasteiger partial charge in [0.25, 0.3) is 0 Å². The number of hydrogen-bond donors (Lipinski definition) is 1. The van der Waals surface area contributed by atoms with Gasteiger partial charge in [0.1, 0.15) is 0 Å². The molecule has 0 unspecified atom stereocenters. The van der Waals surface area contributed by atoms with E-state index in [1.54, 1.807) is 0 Å². The van der Waals surface area contributed by atoms with Gasteiger partial charge in [-0.1, -0.05) is 12.1 Å². The second-order valence-electron chi connectivity index (χ2n) is 4.56. The van der Waals surface area contributed by atoms with Crippen LogP contribution >= 0.6 is 0 Å². The first-order valence-electron chi connectivity index (χ1n) is 6.11. The number of hydrogen-bond acceptors (Lipinski definition) is 6. The summed E-state index contributed by atoms with van der Waals surface area (Å²) in [7, 11) is -3.70. The number of rotatable bonds is 3. The third-order valence-electron chi connectivity index (χ3n) is 3.32. The normalized spacial score (nSPS) is 14.3. The molecule has 0 fully saturated rings. The predicted molar refractivity (Wildman–Crippen MR) is 72.8 cm³/mol. The van der Waals surface area contributed by atoms with Crippen LogP contribution in [-0.2, 0) is 14.6 Å². The number of carbonyl (C=O) groups excluding carboxylic acids is 2. The van der Waals surface area contributed by atoms with E-state index in [0.29, 0.717) is 0 Å². The predicted octanol–water partition coefficient (Wildman–Crippen LogP) is 0.916. The molecular weight excluding hydrogens is 296 g/mol. The fourth-order valence-corrected chi connectivity index (χ4v) is 3.66. The first-order valence-corrected chi connectivity index (χ1v) is 7.77. The van der Waals surface area contributed by atoms with Gasteiger partial charge < -0.3 is 9.84 Å². The van der Waals surface area contributed by atoms with Gasteiger partial charge in [-0.2, -0.15) is 0 Å². The average Bonchev–Trinajstić information content (AvgIpc) is 2.44. The smallest absolute Gasteiger partial charge is 0.346 e. The molecule has 2 aromatic rings. The Morgan fingerprint density at radius 3 is 2.33 bits per heavy atom. The van der Waals surface area contributed by atoms with Crippen LogP contribution in [0.1, 0.15) is 20.7 Å². The maximum absolute atomic E-state index is 12.2. The summed E-state index contributed by atoms with van der Waals surface area (Å²) >= 11 is 0. The van der Waals surface area contributed by atoms with Crippen molar-refractivity contribution in [3.63, 3.8) is 0 Å². The second kappa shape index (κ2) is 4.64. The van der Waals surface area contributed by atoms with E-state index in [9.17, 15) is 18.0 Å². The number of ether oxygens (including phenoxy) is 1. The van der Waals surface area contributed by atoms with E-state index in [0.717, 1.165) is 0 Å². The van der Waals surface area contributed by atoms with Crippen LogP contribution in [0.4, 0.5) is 0 Å². The van der Waals surface area contributed by atoms with Crippen LogP contribution in [0.2, 0.25) is 0 Å². The highest BCUT2D eigenvalue weighted by atomic mass is 32.2. The van der Waals surface area contributed by atoms with Crippen molar-refractivity contribution >= 4 is 32.5 Å². The quantitative estimate of drug-likeness (QED) is 0.669. The van der Waals surface area contributed by atoms with Crippen LogP contribution in [-0.4, -0.2) is 37.8 Å². The summed E-state index contributed by atoms with van der Waals surface area (Å²) < 4.78 is 29.0. The number of carbonyl (C=O) groups is 2. The minimum atomic E-state index is -3.70. The molecular formula is C14H10O6S. The Balaban J connectivity index is 2.42. The minimum absolute atomic E-state index is 0.0142. The van der Waals surface area contributed by atoms with Gasteiger partial charge in [0.15, 0.2) is 9.84 Å². The van der Waals surface area contributed by atoms with Crippen LogP contribution in [0, 0.1) is 0 Å². The summed E-state index contributed by atoms with van der Waals surface area (Å²) in [6.07, 6.45) is 0. The van der Waals surface area contributed by atoms with Gasteiger partial charge in [0.2, 0.25) is 0 Å². The van der Waals surface area contributed by atoms with Crippen LogP contribution in [0.5, 0.6) is 0 Å². The number of sulfone groups is 1. The molecule has 0 saturated carbocycles. The molecule has 0 aromatic heterocycles. The standard InChI is InChI=1S/C14H10O6S/c15-6-7-21(18,19)11-5-4-10-12-8(11)2-1-3-9(12)13(16)20-14(10)17/h1-5,15H,6-7H2. The molecule has 7 heteroatoms. The maximum atomic E-state index is 12.2. The summed E-state index contributed by atoms with van der Waals surface area (Å²) in [6.45, 7) is -0.508. The van der Waals surface area contributed by atoms with Crippen molar-refractivity contribution in [1.29, 1.82) is 0 Å². The fourth-order valence-electron chi connectivity index (χ4n) is 2.42. The Morgan fingerprint density at radius 2 is 1.67 bits per heavy atom. The maximum Gasteiger partial charge on any atom is 0.346 e. The molecule has 0 radical (unpaired) electrons. The third-order valence-corrected chi connectivity index (χ3v) is 5.07. The third kappa shape index (κ3) is 2.01. The molecule has 0 atom stereocenters. The van der Waals surface area contributed by atoms with Gasteiger partial charge in [0.05, 0.1) is 28.4 Å². The highest BCUT2D eigenvalue weighted by Gasteiger charge is 2.29. The number of aliphatic hydroxyl groups excluding tert-OH is 1. The molecule has 6 nitrogen and oxygen atoms in total. The monoisotopic (exact) mass is 306 g/mol. The van der Waals surface area contributed by atoms with E-state index < -0.39 is 34.1 Å². The zero-order valence-electron chi connectivity index (χ0n) is 10.7. The van der Waals surface area contributed by atoms with Crippen LogP contribution in [0.25, 0.3) is 10.8 Å². The molecule has 0 spiro atoms. The second-order valence-corrected chi connectivity index (χ2v) is 6.64. The van der Waals surface area contributed by atoms with Gasteiger partial charge >= 0.3 is 11.9 Å². The van der Waals surface area contributed by atoms with Gasteiger partial charge in [-0.05, 0) is 18.2 Å². The minimum Gasteiger partial charge on any atom is -0.395 e. The van der Waals surface area contributed by atoms with Crippen molar-refractivity contribution < 1.29 is 27.9 Å². The molecule has 0 amide bonds. The number of cyclic esters (lactones) is 2. The highest BCUT2D eigenvalue weighted by molar-refractivity contribution is 7.91. The van der Waals surface area contributed by atoms with E-state index in [1.807, 2.05) is 0 Å². The number of esters is 2. The molecule has 0 bridgehead atoms. The van der Waals surface area contributed by atoms with Gasteiger partial charge in [-0.25, -0.2) is 18.0 Å². The lowest BCUT2D eigenvalue weighted by molar-refractivity contribution is 0.0391. The van der Waals surface area contributed by atoms with Gasteiger partial charge in [-0.15, -0.1) is 0 Å². The number of benzene rings is 2. The first kappa shape index (κ1) is 13.7. The molecule has 2 aromatic carbocycles. The largest absolute Gasteiger partial charge is 0.395 e. The summed E-state index contributed by atoms with van der Waals surface area (Å²) in [4.78, 5) is 23.5. The highest BCUT2D eigenvalue weighted by Crippen LogP contribution is 2.33. The van der Waals surface area contributed by atoms with E-state index >= 15 is 0 Å². The molecule has 21 heavy (non-hydrogen) atoms. The summed E-state index contributed by atoms with van der Waals surface area (Å²) in [5, 5.41) is 9.44. The zero-order chi connectivity index (χ0) is 15.2. The van der Waals surface area contributed by atoms with Crippen LogP contribution < -0.4 is 0 Å². The van der Waals surface area contributed by atoms with Gasteiger partial charge in [-0.3, -0.25) is 0 Å². The van der Waals surface area contributed by atoms with E-state index in [1.165, 1.54) is 30.3 Å². The summed E-state index contributed by atoms with van der Waals surface area (Å²) in [5.74, 6) is -2.02. The molecule has 3 rings (SSSR count). The van der Waals surface area contributed by atoms with Crippen molar-refractivity contribution in [3.8, 4) is 0 Å². The molecule has 1 heterocycles. The lowest BCUT2D eigenvalue weighted by atomic mass is 9.97. The SMILES string of the molecule is O=C1OC(=O)c2ccc(S(=O)(=O)CCO)c3cccc1c23. The average molecular weight is 306 g/mol. The van der Waals surface area contributed by atoms with Crippen LogP contribution in [0.15, 0.2) is 35.2 Å². The van der Waals surface area contributed by atoms with Crippen molar-refractivity contribution in [1.82, 2.24) is 0 Å². The van der Waals surface area contributed by atoms with E-state index in [-0.39, 0.29) is 26.8 Å². The molecule has 0 saturated heterocycles. The summed E-state index contributed by atoms with van der Waals surface area (Å²) in [6, 6.07) is 7.15. The van der Waals surface area contributed by atoms with Crippen molar-refractivity contribution in [3.05, 3.63) is 41.5 Å². The number of aliphatic hydroxyl groups is 1. The Hall–Kier alpha value is -2.25. The fraction of sp³-hybridized carbons (Fsp3) is 0.143. The Morgan fingerprint density at radius 1 is 1.00 bits per heavy atom. The molecule has 108 valence electrons. The van der Waals surface area contributed by atoms with E-state index in [4.69, 9.17) is 5.11 Å². The topological polar surface area (TPSA) is 97.7 Å².